The van der Waals surface area contributed by atoms with Crippen molar-refractivity contribution in [3.8, 4) is 0 Å². The van der Waals surface area contributed by atoms with Crippen molar-refractivity contribution in [2.75, 3.05) is 6.54 Å². The van der Waals surface area contributed by atoms with Crippen LogP contribution in [0.5, 0.6) is 0 Å². The first-order chi connectivity index (χ1) is 10.5. The molecular formula is C15H16ClN3O3. The maximum absolute atomic E-state index is 12.0. The first-order valence-corrected chi connectivity index (χ1v) is 7.03. The molecule has 2 rings (SSSR count). The number of rotatable bonds is 5. The minimum Gasteiger partial charge on any atom is -0.460 e. The number of aryl methyl sites for hydroxylation is 2. The number of halogens is 1. The van der Waals surface area contributed by atoms with Crippen molar-refractivity contribution in [3.63, 3.8) is 0 Å². The zero-order chi connectivity index (χ0) is 16.1. The number of nitrogens with zero attached hydrogens (tertiary/aromatic N) is 2. The molecule has 0 aliphatic heterocycles. The van der Waals surface area contributed by atoms with Crippen LogP contribution in [0, 0.1) is 6.92 Å². The Hall–Kier alpha value is -2.34. The van der Waals surface area contributed by atoms with E-state index in [1.807, 2.05) is 30.3 Å². The smallest absolute Gasteiger partial charge is 0.325 e. The van der Waals surface area contributed by atoms with Gasteiger partial charge in [0.2, 0.25) is 0 Å². The fourth-order valence-electron chi connectivity index (χ4n) is 1.92. The predicted molar refractivity (Wildman–Crippen MR) is 81.5 cm³/mol. The third-order valence-electron chi connectivity index (χ3n) is 3.02. The molecule has 0 unspecified atom stereocenters. The molecule has 0 aliphatic carbocycles. The van der Waals surface area contributed by atoms with Gasteiger partial charge in [0.15, 0.2) is 0 Å². The number of carbonyl (C=O) groups is 2. The molecule has 1 aromatic carbocycles. The molecule has 1 amide bonds. The predicted octanol–water partition coefficient (Wildman–Crippen LogP) is 1.86. The van der Waals surface area contributed by atoms with E-state index >= 15 is 0 Å². The van der Waals surface area contributed by atoms with E-state index in [1.165, 1.54) is 4.68 Å². The van der Waals surface area contributed by atoms with Gasteiger partial charge in [0.05, 0.1) is 11.3 Å². The molecule has 0 fully saturated rings. The van der Waals surface area contributed by atoms with E-state index in [-0.39, 0.29) is 23.9 Å². The van der Waals surface area contributed by atoms with E-state index < -0.39 is 11.9 Å². The van der Waals surface area contributed by atoms with Crippen LogP contribution in [0.1, 0.15) is 21.6 Å². The van der Waals surface area contributed by atoms with Crippen molar-refractivity contribution in [2.24, 2.45) is 7.05 Å². The van der Waals surface area contributed by atoms with Crippen LogP contribution >= 0.6 is 11.6 Å². The number of nitrogens with one attached hydrogen (secondary N) is 1. The molecule has 0 spiro atoms. The second-order valence-electron chi connectivity index (χ2n) is 4.70. The van der Waals surface area contributed by atoms with Crippen molar-refractivity contribution in [3.05, 3.63) is 52.3 Å². The van der Waals surface area contributed by atoms with Crippen LogP contribution in [0.25, 0.3) is 0 Å². The summed E-state index contributed by atoms with van der Waals surface area (Å²) in [6.45, 7) is 1.62. The summed E-state index contributed by atoms with van der Waals surface area (Å²) in [5.74, 6) is -0.970. The molecule has 6 nitrogen and oxygen atoms in total. The molecule has 0 saturated heterocycles. The molecule has 22 heavy (non-hydrogen) atoms. The summed E-state index contributed by atoms with van der Waals surface area (Å²) in [4.78, 5) is 23.7. The van der Waals surface area contributed by atoms with Crippen molar-refractivity contribution < 1.29 is 14.3 Å². The minimum atomic E-state index is -0.519. The summed E-state index contributed by atoms with van der Waals surface area (Å²) in [5.41, 5.74) is 1.65. The Morgan fingerprint density at radius 1 is 1.32 bits per heavy atom. The number of hydrogen-bond acceptors (Lipinski definition) is 4. The molecule has 0 radical (unpaired) electrons. The summed E-state index contributed by atoms with van der Waals surface area (Å²) in [6.07, 6.45) is 0. The Labute approximate surface area is 133 Å². The number of hydrogen-bond donors (Lipinski definition) is 1. The highest BCUT2D eigenvalue weighted by Crippen LogP contribution is 2.18. The molecule has 1 N–H and O–H groups in total. The standard InChI is InChI=1S/C15H16ClN3O3/c1-10-13(14(16)19(2)18-10)15(21)17-8-12(20)22-9-11-6-4-3-5-7-11/h3-7H,8-9H2,1-2H3,(H,17,21). The summed E-state index contributed by atoms with van der Waals surface area (Å²) in [5, 5.41) is 6.75. The van der Waals surface area contributed by atoms with Crippen molar-refractivity contribution in [1.82, 2.24) is 15.1 Å². The van der Waals surface area contributed by atoms with Gasteiger partial charge in [-0.25, -0.2) is 0 Å². The van der Waals surface area contributed by atoms with Gasteiger partial charge in [-0.2, -0.15) is 5.10 Å². The van der Waals surface area contributed by atoms with Crippen LogP contribution in [0.15, 0.2) is 30.3 Å². The van der Waals surface area contributed by atoms with Gasteiger partial charge in [0, 0.05) is 7.05 Å². The second-order valence-corrected chi connectivity index (χ2v) is 5.06. The molecule has 0 atom stereocenters. The lowest BCUT2D eigenvalue weighted by Crippen LogP contribution is -2.31. The van der Waals surface area contributed by atoms with Crippen LogP contribution < -0.4 is 5.32 Å². The number of aromatic nitrogens is 2. The molecule has 0 saturated carbocycles. The van der Waals surface area contributed by atoms with E-state index in [0.29, 0.717) is 5.69 Å². The Morgan fingerprint density at radius 2 is 2.00 bits per heavy atom. The molecule has 1 heterocycles. The van der Waals surface area contributed by atoms with Crippen molar-refractivity contribution in [1.29, 1.82) is 0 Å². The summed E-state index contributed by atoms with van der Waals surface area (Å²) in [7, 11) is 1.64. The average molecular weight is 322 g/mol. The number of esters is 1. The maximum atomic E-state index is 12.0. The fourth-order valence-corrected chi connectivity index (χ4v) is 2.18. The van der Waals surface area contributed by atoms with Gasteiger partial charge in [0.25, 0.3) is 5.91 Å². The summed E-state index contributed by atoms with van der Waals surface area (Å²) < 4.78 is 6.47. The lowest BCUT2D eigenvalue weighted by atomic mass is 10.2. The monoisotopic (exact) mass is 321 g/mol. The Morgan fingerprint density at radius 3 is 2.59 bits per heavy atom. The third-order valence-corrected chi connectivity index (χ3v) is 3.45. The van der Waals surface area contributed by atoms with Crippen LogP contribution in [-0.2, 0) is 23.2 Å². The normalized spacial score (nSPS) is 10.3. The molecule has 2 aromatic rings. The molecule has 0 bridgehead atoms. The van der Waals surface area contributed by atoms with Gasteiger partial charge in [-0.15, -0.1) is 0 Å². The van der Waals surface area contributed by atoms with E-state index in [9.17, 15) is 9.59 Å². The quantitative estimate of drug-likeness (QED) is 0.853. The van der Waals surface area contributed by atoms with Gasteiger partial charge in [-0.1, -0.05) is 41.9 Å². The van der Waals surface area contributed by atoms with Crippen LogP contribution in [-0.4, -0.2) is 28.2 Å². The zero-order valence-electron chi connectivity index (χ0n) is 12.3. The van der Waals surface area contributed by atoms with Crippen LogP contribution in [0.2, 0.25) is 5.15 Å². The van der Waals surface area contributed by atoms with E-state index in [1.54, 1.807) is 14.0 Å². The van der Waals surface area contributed by atoms with Crippen molar-refractivity contribution in [2.45, 2.75) is 13.5 Å². The molecule has 0 aliphatic rings. The van der Waals surface area contributed by atoms with E-state index in [4.69, 9.17) is 16.3 Å². The van der Waals surface area contributed by atoms with Crippen molar-refractivity contribution >= 4 is 23.5 Å². The van der Waals surface area contributed by atoms with Gasteiger partial charge in [-0.3, -0.25) is 14.3 Å². The number of benzene rings is 1. The average Bonchev–Trinajstić information content (AvgIpc) is 2.76. The Bertz CT molecular complexity index is 683. The highest BCUT2D eigenvalue weighted by atomic mass is 35.5. The van der Waals surface area contributed by atoms with Gasteiger partial charge >= 0.3 is 5.97 Å². The van der Waals surface area contributed by atoms with E-state index in [0.717, 1.165) is 5.56 Å². The highest BCUT2D eigenvalue weighted by molar-refractivity contribution is 6.33. The van der Waals surface area contributed by atoms with Gasteiger partial charge < -0.3 is 10.1 Å². The SMILES string of the molecule is Cc1nn(C)c(Cl)c1C(=O)NCC(=O)OCc1ccccc1. The van der Waals surface area contributed by atoms with Crippen LogP contribution in [0.3, 0.4) is 0 Å². The molecule has 116 valence electrons. The number of amides is 1. The Kier molecular flexibility index (Phi) is 5.16. The minimum absolute atomic E-state index is 0.169. The van der Waals surface area contributed by atoms with Gasteiger partial charge in [0.1, 0.15) is 18.3 Å². The third kappa shape index (κ3) is 3.85. The topological polar surface area (TPSA) is 73.2 Å². The largest absolute Gasteiger partial charge is 0.460 e. The molecular weight excluding hydrogens is 306 g/mol. The fraction of sp³-hybridized carbons (Fsp3) is 0.267. The Balaban J connectivity index is 1.84. The van der Waals surface area contributed by atoms with Gasteiger partial charge in [-0.05, 0) is 12.5 Å². The zero-order valence-corrected chi connectivity index (χ0v) is 13.1. The summed E-state index contributed by atoms with van der Waals surface area (Å²) in [6, 6.07) is 9.30. The first-order valence-electron chi connectivity index (χ1n) is 6.66. The van der Waals surface area contributed by atoms with Crippen LogP contribution in [0.4, 0.5) is 0 Å². The molecule has 1 aromatic heterocycles. The summed E-state index contributed by atoms with van der Waals surface area (Å²) >= 11 is 5.99. The highest BCUT2D eigenvalue weighted by Gasteiger charge is 2.19. The van der Waals surface area contributed by atoms with E-state index in [2.05, 4.69) is 10.4 Å². The maximum Gasteiger partial charge on any atom is 0.325 e. The number of ether oxygens (including phenoxy) is 1. The first kappa shape index (κ1) is 16.0. The molecule has 7 heteroatoms. The lowest BCUT2D eigenvalue weighted by Gasteiger charge is -2.06. The number of carbonyl (C=O) groups excluding carboxylic acids is 2. The lowest BCUT2D eigenvalue weighted by molar-refractivity contribution is -0.143. The second kappa shape index (κ2) is 7.09.